The van der Waals surface area contributed by atoms with Crippen molar-refractivity contribution in [3.63, 3.8) is 0 Å². The predicted molar refractivity (Wildman–Crippen MR) is 104 cm³/mol. The second-order valence-corrected chi connectivity index (χ2v) is 6.54. The minimum Gasteiger partial charge on any atom is -0.493 e. The summed E-state index contributed by atoms with van der Waals surface area (Å²) in [4.78, 5) is 16.7. The fourth-order valence-corrected chi connectivity index (χ4v) is 3.19. The van der Waals surface area contributed by atoms with Crippen molar-refractivity contribution in [1.82, 2.24) is 4.98 Å². The van der Waals surface area contributed by atoms with Crippen LogP contribution in [0.25, 0.3) is 10.6 Å². The summed E-state index contributed by atoms with van der Waals surface area (Å²) in [5, 5.41) is 4.83. The lowest BCUT2D eigenvalue weighted by atomic mass is 10.2. The highest BCUT2D eigenvalue weighted by atomic mass is 32.1. The van der Waals surface area contributed by atoms with E-state index in [1.807, 2.05) is 25.1 Å². The first-order valence-electron chi connectivity index (χ1n) is 8.45. The van der Waals surface area contributed by atoms with Crippen LogP contribution in [0.15, 0.2) is 47.8 Å². The number of amides is 1. The fraction of sp³-hybridized carbons (Fsp3) is 0.200. The number of nitrogens with one attached hydrogen (secondary N) is 1. The van der Waals surface area contributed by atoms with E-state index in [0.29, 0.717) is 23.1 Å². The van der Waals surface area contributed by atoms with Crippen molar-refractivity contribution in [2.24, 2.45) is 0 Å². The number of hydrogen-bond donors (Lipinski definition) is 1. The monoisotopic (exact) mass is 386 g/mol. The number of thiazole rings is 1. The number of nitrogens with zero attached hydrogens (tertiary/aromatic N) is 1. The van der Waals surface area contributed by atoms with Gasteiger partial charge in [0, 0.05) is 10.9 Å². The Balaban J connectivity index is 1.79. The molecule has 2 aromatic carbocycles. The molecule has 27 heavy (non-hydrogen) atoms. The Morgan fingerprint density at radius 2 is 2.04 bits per heavy atom. The van der Waals surface area contributed by atoms with E-state index in [1.54, 1.807) is 24.6 Å². The number of aromatic nitrogens is 1. The maximum atomic E-state index is 13.7. The number of benzene rings is 2. The van der Waals surface area contributed by atoms with Gasteiger partial charge in [0.1, 0.15) is 16.5 Å². The number of methoxy groups -OCH3 is 1. The molecule has 0 aliphatic heterocycles. The molecule has 0 radical (unpaired) electrons. The van der Waals surface area contributed by atoms with Gasteiger partial charge >= 0.3 is 0 Å². The van der Waals surface area contributed by atoms with E-state index in [1.165, 1.54) is 23.5 Å². The second-order valence-electron chi connectivity index (χ2n) is 5.69. The van der Waals surface area contributed by atoms with E-state index in [9.17, 15) is 9.18 Å². The van der Waals surface area contributed by atoms with Crippen LogP contribution in [-0.2, 0) is 0 Å². The lowest BCUT2D eigenvalue weighted by Crippen LogP contribution is -2.13. The molecule has 3 rings (SSSR count). The Hall–Kier alpha value is -2.93. The zero-order valence-corrected chi connectivity index (χ0v) is 15.8. The quantitative estimate of drug-likeness (QED) is 0.621. The molecule has 1 N–H and O–H groups in total. The fourth-order valence-electron chi connectivity index (χ4n) is 2.39. The highest BCUT2D eigenvalue weighted by Crippen LogP contribution is 2.34. The molecule has 140 valence electrons. The molecule has 7 heteroatoms. The van der Waals surface area contributed by atoms with E-state index in [0.717, 1.165) is 12.0 Å². The maximum absolute atomic E-state index is 13.7. The van der Waals surface area contributed by atoms with E-state index in [2.05, 4.69) is 10.3 Å². The van der Waals surface area contributed by atoms with Gasteiger partial charge < -0.3 is 14.8 Å². The smallest absolute Gasteiger partial charge is 0.275 e. The Morgan fingerprint density at radius 1 is 1.22 bits per heavy atom. The van der Waals surface area contributed by atoms with Gasteiger partial charge in [-0.15, -0.1) is 11.3 Å². The molecular formula is C20H19FN2O3S. The molecule has 0 aliphatic rings. The SMILES string of the molecule is CCCOc1ccc(-c2nc(C(=O)Nc3ccccc3F)cs2)cc1OC. The van der Waals surface area contributed by atoms with Crippen molar-refractivity contribution in [2.75, 3.05) is 19.0 Å². The molecule has 1 amide bonds. The third kappa shape index (κ3) is 4.43. The van der Waals surface area contributed by atoms with E-state index >= 15 is 0 Å². The van der Waals surface area contributed by atoms with Crippen molar-refractivity contribution in [1.29, 1.82) is 0 Å². The first kappa shape index (κ1) is 18.8. The molecule has 1 heterocycles. The van der Waals surface area contributed by atoms with Gasteiger partial charge in [-0.2, -0.15) is 0 Å². The Kier molecular flexibility index (Phi) is 6.03. The summed E-state index contributed by atoms with van der Waals surface area (Å²) in [6.07, 6.45) is 0.901. The van der Waals surface area contributed by atoms with Crippen LogP contribution in [0.1, 0.15) is 23.8 Å². The minimum atomic E-state index is -0.492. The summed E-state index contributed by atoms with van der Waals surface area (Å²) < 4.78 is 24.7. The van der Waals surface area contributed by atoms with Gasteiger partial charge in [-0.25, -0.2) is 9.37 Å². The predicted octanol–water partition coefficient (Wildman–Crippen LogP) is 5.00. The van der Waals surface area contributed by atoms with Gasteiger partial charge in [-0.1, -0.05) is 19.1 Å². The minimum absolute atomic E-state index is 0.121. The van der Waals surface area contributed by atoms with Gasteiger partial charge in [-0.3, -0.25) is 4.79 Å². The number of hydrogen-bond acceptors (Lipinski definition) is 5. The van der Waals surface area contributed by atoms with Crippen LogP contribution in [0, 0.1) is 5.82 Å². The topological polar surface area (TPSA) is 60.5 Å². The second kappa shape index (κ2) is 8.64. The molecule has 0 unspecified atom stereocenters. The Labute approximate surface area is 160 Å². The average Bonchev–Trinajstić information content (AvgIpc) is 3.18. The van der Waals surface area contributed by atoms with Crippen LogP contribution >= 0.6 is 11.3 Å². The summed E-state index contributed by atoms with van der Waals surface area (Å²) in [7, 11) is 1.58. The van der Waals surface area contributed by atoms with Gasteiger partial charge in [-0.05, 0) is 36.8 Å². The van der Waals surface area contributed by atoms with E-state index < -0.39 is 11.7 Å². The molecule has 0 spiro atoms. The molecule has 0 saturated carbocycles. The van der Waals surface area contributed by atoms with Crippen molar-refractivity contribution in [2.45, 2.75) is 13.3 Å². The van der Waals surface area contributed by atoms with Crippen LogP contribution in [0.4, 0.5) is 10.1 Å². The molecule has 0 fully saturated rings. The van der Waals surface area contributed by atoms with Crippen molar-refractivity contribution in [3.05, 3.63) is 59.4 Å². The van der Waals surface area contributed by atoms with Crippen LogP contribution < -0.4 is 14.8 Å². The molecule has 0 atom stereocenters. The molecule has 5 nitrogen and oxygen atoms in total. The maximum Gasteiger partial charge on any atom is 0.275 e. The van der Waals surface area contributed by atoms with Crippen LogP contribution in [0.5, 0.6) is 11.5 Å². The summed E-state index contributed by atoms with van der Waals surface area (Å²) in [5.74, 6) is 0.317. The zero-order chi connectivity index (χ0) is 19.2. The van der Waals surface area contributed by atoms with E-state index in [4.69, 9.17) is 9.47 Å². The largest absolute Gasteiger partial charge is 0.493 e. The van der Waals surface area contributed by atoms with Crippen molar-refractivity contribution >= 4 is 22.9 Å². The lowest BCUT2D eigenvalue weighted by Gasteiger charge is -2.10. The Morgan fingerprint density at radius 3 is 2.78 bits per heavy atom. The molecule has 0 bridgehead atoms. The molecule has 3 aromatic rings. The van der Waals surface area contributed by atoms with Gasteiger partial charge in [0.05, 0.1) is 19.4 Å². The first-order valence-corrected chi connectivity index (χ1v) is 9.33. The number of carbonyl (C=O) groups excluding carboxylic acids is 1. The molecule has 0 saturated heterocycles. The number of ether oxygens (including phenoxy) is 2. The summed E-state index contributed by atoms with van der Waals surface area (Å²) in [5.41, 5.74) is 1.16. The zero-order valence-electron chi connectivity index (χ0n) is 15.0. The van der Waals surface area contributed by atoms with Gasteiger partial charge in [0.2, 0.25) is 0 Å². The Bertz CT molecular complexity index is 942. The van der Waals surface area contributed by atoms with Crippen LogP contribution in [0.3, 0.4) is 0 Å². The summed E-state index contributed by atoms with van der Waals surface area (Å²) >= 11 is 1.33. The normalized spacial score (nSPS) is 10.5. The number of rotatable bonds is 7. The summed E-state index contributed by atoms with van der Waals surface area (Å²) in [6, 6.07) is 11.5. The van der Waals surface area contributed by atoms with Gasteiger partial charge in [0.15, 0.2) is 11.5 Å². The number of carbonyl (C=O) groups is 1. The van der Waals surface area contributed by atoms with Crippen LogP contribution in [0.2, 0.25) is 0 Å². The third-order valence-corrected chi connectivity index (χ3v) is 4.62. The molecule has 0 aliphatic carbocycles. The average molecular weight is 386 g/mol. The van der Waals surface area contributed by atoms with Gasteiger partial charge in [0.25, 0.3) is 5.91 Å². The first-order chi connectivity index (χ1) is 13.1. The lowest BCUT2D eigenvalue weighted by molar-refractivity contribution is 0.102. The number of halogens is 1. The number of anilines is 1. The highest BCUT2D eigenvalue weighted by Gasteiger charge is 2.15. The summed E-state index contributed by atoms with van der Waals surface area (Å²) in [6.45, 7) is 2.64. The van der Waals surface area contributed by atoms with Crippen molar-refractivity contribution in [3.8, 4) is 22.1 Å². The molecular weight excluding hydrogens is 367 g/mol. The van der Waals surface area contributed by atoms with Crippen LogP contribution in [-0.4, -0.2) is 24.6 Å². The standard InChI is InChI=1S/C20H19FN2O3S/c1-3-10-26-17-9-8-13(11-18(17)25-2)20-23-16(12-27-20)19(24)22-15-7-5-4-6-14(15)21/h4-9,11-12H,3,10H2,1-2H3,(H,22,24). The van der Waals surface area contributed by atoms with E-state index in [-0.39, 0.29) is 11.4 Å². The highest BCUT2D eigenvalue weighted by molar-refractivity contribution is 7.13. The number of para-hydroxylation sites is 1. The third-order valence-electron chi connectivity index (χ3n) is 3.73. The van der Waals surface area contributed by atoms with Crippen molar-refractivity contribution < 1.29 is 18.7 Å². The molecule has 1 aromatic heterocycles.